The van der Waals surface area contributed by atoms with Crippen LogP contribution < -0.4 is 0 Å². The Labute approximate surface area is 81.0 Å². The van der Waals surface area contributed by atoms with Crippen molar-refractivity contribution in [2.75, 3.05) is 10.4 Å². The molecule has 0 aromatic carbocycles. The Morgan fingerprint density at radius 2 is 1.08 bits per heavy atom. The fourth-order valence-electron chi connectivity index (χ4n) is 0.242. The predicted molar refractivity (Wildman–Crippen MR) is 48.4 cm³/mol. The zero-order valence-corrected chi connectivity index (χ0v) is 8.92. The van der Waals surface area contributed by atoms with Crippen LogP contribution in [0.3, 0.4) is 0 Å². The second kappa shape index (κ2) is 4.45. The summed E-state index contributed by atoms with van der Waals surface area (Å²) in [6.07, 6.45) is 0. The molecule has 0 radical (unpaired) electrons. The van der Waals surface area contributed by atoms with Crippen molar-refractivity contribution in [3.05, 3.63) is 10.8 Å². The van der Waals surface area contributed by atoms with Crippen molar-refractivity contribution in [2.45, 2.75) is 0 Å². The fraction of sp³-hybridized carbons (Fsp3) is 0.500. The first kappa shape index (κ1) is 12.2. The van der Waals surface area contributed by atoms with E-state index in [1.165, 1.54) is 0 Å². The smallest absolute Gasteiger partial charge is 0.186 e. The van der Waals surface area contributed by atoms with Crippen LogP contribution in [0.25, 0.3) is 0 Å². The van der Waals surface area contributed by atoms with E-state index >= 15 is 0 Å². The minimum absolute atomic E-state index is 0.526. The maximum absolute atomic E-state index is 10.6. The molecule has 4 nitrogen and oxygen atoms in total. The van der Waals surface area contributed by atoms with Crippen LogP contribution in [0.1, 0.15) is 0 Å². The number of hydrogen-bond donors (Lipinski definition) is 0. The van der Waals surface area contributed by atoms with Crippen molar-refractivity contribution in [1.82, 2.24) is 0 Å². The lowest BCUT2D eigenvalue weighted by Crippen LogP contribution is -2.00. The Balaban J connectivity index is 4.70. The van der Waals surface area contributed by atoms with Crippen LogP contribution in [0.15, 0.2) is 10.8 Å². The summed E-state index contributed by atoms with van der Waals surface area (Å²) < 4.78 is 42.5. The normalized spacial score (nSPS) is 13.8. The van der Waals surface area contributed by atoms with Crippen LogP contribution in [-0.4, -0.2) is 27.3 Å². The van der Waals surface area contributed by atoms with Gasteiger partial charge >= 0.3 is 0 Å². The first-order valence-corrected chi connectivity index (χ1v) is 7.08. The number of halogens is 2. The van der Waals surface area contributed by atoms with E-state index in [0.717, 1.165) is 0 Å². The Hall–Kier alpha value is 0.220. The Morgan fingerprint density at radius 1 is 0.833 bits per heavy atom. The molecule has 0 aliphatic rings. The standard InChI is InChI=1S/C4H6Cl2O4S2/c5-3-11(7,8)1-2-12(9,10)4-6/h1-2H,3-4H2. The van der Waals surface area contributed by atoms with Crippen LogP contribution in [0.2, 0.25) is 0 Å². The zero-order chi connectivity index (χ0) is 9.83. The van der Waals surface area contributed by atoms with Crippen molar-refractivity contribution in [1.29, 1.82) is 0 Å². The van der Waals surface area contributed by atoms with Crippen LogP contribution in [-0.2, 0) is 19.7 Å². The summed E-state index contributed by atoms with van der Waals surface area (Å²) in [5, 5.41) is -0.252. The molecule has 0 aliphatic heterocycles. The highest BCUT2D eigenvalue weighted by molar-refractivity contribution is 7.98. The number of rotatable bonds is 4. The van der Waals surface area contributed by atoms with E-state index in [2.05, 4.69) is 0 Å². The molecule has 0 aromatic heterocycles. The minimum atomic E-state index is -3.62. The molecular formula is C4H6Cl2O4S2. The molecular weight excluding hydrogens is 247 g/mol. The molecule has 0 aromatic rings. The summed E-state index contributed by atoms with van der Waals surface area (Å²) in [5.74, 6) is 0. The Morgan fingerprint density at radius 3 is 1.25 bits per heavy atom. The van der Waals surface area contributed by atoms with Gasteiger partial charge in [0.05, 0.1) is 0 Å². The first-order chi connectivity index (χ1) is 5.33. The Kier molecular flexibility index (Phi) is 4.54. The van der Waals surface area contributed by atoms with Gasteiger partial charge in [-0.25, -0.2) is 16.8 Å². The molecule has 0 unspecified atom stereocenters. The molecule has 0 spiro atoms. The van der Waals surface area contributed by atoms with Crippen molar-refractivity contribution < 1.29 is 16.8 Å². The molecule has 0 atom stereocenters. The highest BCUT2D eigenvalue weighted by atomic mass is 35.5. The van der Waals surface area contributed by atoms with Crippen LogP contribution in [0.4, 0.5) is 0 Å². The zero-order valence-electron chi connectivity index (χ0n) is 5.77. The van der Waals surface area contributed by atoms with E-state index < -0.39 is 30.1 Å². The van der Waals surface area contributed by atoms with Gasteiger partial charge in [0, 0.05) is 10.8 Å². The summed E-state index contributed by atoms with van der Waals surface area (Å²) in [7, 11) is -7.23. The molecule has 12 heavy (non-hydrogen) atoms. The minimum Gasteiger partial charge on any atom is -0.223 e. The van der Waals surface area contributed by atoms with Gasteiger partial charge in [-0.3, -0.25) is 0 Å². The maximum Gasteiger partial charge on any atom is 0.186 e. The SMILES string of the molecule is O=S(=O)(C=CS(=O)(=O)CCl)CCl. The summed E-state index contributed by atoms with van der Waals surface area (Å²) in [4.78, 5) is 0. The van der Waals surface area contributed by atoms with Crippen LogP contribution >= 0.6 is 23.2 Å². The number of alkyl halides is 2. The Bertz CT molecular complexity index is 317. The lowest BCUT2D eigenvalue weighted by Gasteiger charge is -1.90. The molecule has 0 saturated heterocycles. The lowest BCUT2D eigenvalue weighted by molar-refractivity contribution is 0.604. The topological polar surface area (TPSA) is 68.3 Å². The summed E-state index contributed by atoms with van der Waals surface area (Å²) >= 11 is 10.00. The van der Waals surface area contributed by atoms with Crippen molar-refractivity contribution >= 4 is 42.9 Å². The van der Waals surface area contributed by atoms with E-state index in [0.29, 0.717) is 10.8 Å². The number of hydrogen-bond acceptors (Lipinski definition) is 4. The van der Waals surface area contributed by atoms with Gasteiger partial charge in [-0.2, -0.15) is 0 Å². The average Bonchev–Trinajstić information content (AvgIpc) is 2.02. The third kappa shape index (κ3) is 4.97. The van der Waals surface area contributed by atoms with Gasteiger partial charge in [0.25, 0.3) is 0 Å². The molecule has 72 valence electrons. The molecule has 0 rings (SSSR count). The molecule has 0 N–H and O–H groups in total. The van der Waals surface area contributed by atoms with E-state index in [1.807, 2.05) is 0 Å². The third-order valence-corrected chi connectivity index (χ3v) is 4.48. The van der Waals surface area contributed by atoms with E-state index in [-0.39, 0.29) is 0 Å². The third-order valence-electron chi connectivity index (χ3n) is 0.774. The highest BCUT2D eigenvalue weighted by Crippen LogP contribution is 2.01. The summed E-state index contributed by atoms with van der Waals surface area (Å²) in [5.41, 5.74) is 0. The van der Waals surface area contributed by atoms with Gasteiger partial charge in [0.1, 0.15) is 10.4 Å². The molecule has 0 heterocycles. The van der Waals surface area contributed by atoms with Crippen LogP contribution in [0.5, 0.6) is 0 Å². The molecule has 0 aliphatic carbocycles. The van der Waals surface area contributed by atoms with Crippen molar-refractivity contribution in [2.24, 2.45) is 0 Å². The van der Waals surface area contributed by atoms with E-state index in [4.69, 9.17) is 23.2 Å². The van der Waals surface area contributed by atoms with Crippen molar-refractivity contribution in [3.8, 4) is 0 Å². The summed E-state index contributed by atoms with van der Waals surface area (Å²) in [6, 6.07) is 0. The quantitative estimate of drug-likeness (QED) is 0.691. The average molecular weight is 253 g/mol. The van der Waals surface area contributed by atoms with Gasteiger partial charge in [-0.05, 0) is 0 Å². The monoisotopic (exact) mass is 252 g/mol. The number of sulfone groups is 2. The fourth-order valence-corrected chi connectivity index (χ4v) is 2.18. The van der Waals surface area contributed by atoms with Gasteiger partial charge in [0.15, 0.2) is 19.7 Å². The molecule has 0 saturated carbocycles. The lowest BCUT2D eigenvalue weighted by atomic mass is 11.3. The van der Waals surface area contributed by atoms with Gasteiger partial charge in [-0.1, -0.05) is 0 Å². The highest BCUT2D eigenvalue weighted by Gasteiger charge is 2.07. The molecule has 0 amide bonds. The second-order valence-electron chi connectivity index (χ2n) is 1.82. The molecule has 0 fully saturated rings. The molecule has 0 bridgehead atoms. The molecule has 8 heteroatoms. The maximum atomic E-state index is 10.6. The largest absolute Gasteiger partial charge is 0.223 e. The second-order valence-corrected chi connectivity index (χ2v) is 6.76. The van der Waals surface area contributed by atoms with Crippen molar-refractivity contribution in [3.63, 3.8) is 0 Å². The van der Waals surface area contributed by atoms with Gasteiger partial charge in [-0.15, -0.1) is 23.2 Å². The summed E-state index contributed by atoms with van der Waals surface area (Å²) in [6.45, 7) is 0. The predicted octanol–water partition coefficient (Wildman–Crippen LogP) is 0.680. The van der Waals surface area contributed by atoms with E-state index in [1.54, 1.807) is 0 Å². The van der Waals surface area contributed by atoms with Gasteiger partial charge < -0.3 is 0 Å². The van der Waals surface area contributed by atoms with Gasteiger partial charge in [0.2, 0.25) is 0 Å². The van der Waals surface area contributed by atoms with E-state index in [9.17, 15) is 16.8 Å². The van der Waals surface area contributed by atoms with Crippen LogP contribution in [0, 0.1) is 0 Å². The first-order valence-electron chi connectivity index (χ1n) is 2.58.